The largest absolute Gasteiger partial charge is 0.382 e. The summed E-state index contributed by atoms with van der Waals surface area (Å²) in [5.41, 5.74) is 5.50. The Morgan fingerprint density at radius 1 is 1.36 bits per heavy atom. The minimum absolute atomic E-state index is 0.413. The molecule has 0 fully saturated rings. The summed E-state index contributed by atoms with van der Waals surface area (Å²) in [7, 11) is 0. The maximum absolute atomic E-state index is 5.50. The Hall–Kier alpha value is -1.21. The maximum Gasteiger partial charge on any atom is 0.180 e. The van der Waals surface area contributed by atoms with Crippen LogP contribution in [-0.4, -0.2) is 20.2 Å². The third kappa shape index (κ3) is 2.18. The van der Waals surface area contributed by atoms with E-state index in [9.17, 15) is 0 Å². The molecule has 72 valence electrons. The molecule has 2 aromatic rings. The molecular formula is C7H7N5S2. The fourth-order valence-electron chi connectivity index (χ4n) is 0.821. The normalized spacial score (nSPS) is 10.4. The van der Waals surface area contributed by atoms with Gasteiger partial charge in [-0.05, 0) is 18.7 Å². The highest BCUT2D eigenvalue weighted by Gasteiger charge is 2.04. The van der Waals surface area contributed by atoms with Gasteiger partial charge in [-0.25, -0.2) is 4.98 Å². The fourth-order valence-corrected chi connectivity index (χ4v) is 2.55. The summed E-state index contributed by atoms with van der Waals surface area (Å²) in [6.45, 7) is 1.91. The molecule has 2 rings (SSSR count). The first kappa shape index (κ1) is 9.35. The third-order valence-electron chi connectivity index (χ3n) is 1.33. The third-order valence-corrected chi connectivity index (χ3v) is 3.13. The summed E-state index contributed by atoms with van der Waals surface area (Å²) >= 11 is 2.93. The van der Waals surface area contributed by atoms with E-state index in [2.05, 4.69) is 20.2 Å². The first-order valence-electron chi connectivity index (χ1n) is 3.79. The van der Waals surface area contributed by atoms with E-state index in [1.807, 2.05) is 6.92 Å². The zero-order chi connectivity index (χ0) is 9.97. The predicted octanol–water partition coefficient (Wildman–Crippen LogP) is 1.37. The summed E-state index contributed by atoms with van der Waals surface area (Å²) < 4.78 is 0.849. The van der Waals surface area contributed by atoms with E-state index in [1.54, 1.807) is 6.20 Å². The molecule has 0 atom stereocenters. The minimum Gasteiger partial charge on any atom is -0.382 e. The Labute approximate surface area is 88.8 Å². The van der Waals surface area contributed by atoms with E-state index in [0.29, 0.717) is 5.82 Å². The minimum atomic E-state index is 0.413. The van der Waals surface area contributed by atoms with Gasteiger partial charge >= 0.3 is 0 Å². The van der Waals surface area contributed by atoms with E-state index in [0.717, 1.165) is 14.4 Å². The number of nitrogens with zero attached hydrogens (tertiary/aromatic N) is 4. The topological polar surface area (TPSA) is 77.6 Å². The van der Waals surface area contributed by atoms with Crippen LogP contribution in [0.1, 0.15) is 5.01 Å². The van der Waals surface area contributed by atoms with Crippen molar-refractivity contribution in [3.63, 3.8) is 0 Å². The van der Waals surface area contributed by atoms with Crippen molar-refractivity contribution >= 4 is 28.9 Å². The first-order chi connectivity index (χ1) is 6.74. The molecule has 0 saturated carbocycles. The molecule has 14 heavy (non-hydrogen) atoms. The number of hydrogen-bond donors (Lipinski definition) is 1. The zero-order valence-corrected chi connectivity index (χ0v) is 8.97. The highest BCUT2D eigenvalue weighted by atomic mass is 32.2. The molecule has 7 heteroatoms. The number of anilines is 1. The number of rotatable bonds is 2. The second-order valence-electron chi connectivity index (χ2n) is 2.47. The van der Waals surface area contributed by atoms with E-state index in [1.165, 1.54) is 29.3 Å². The monoisotopic (exact) mass is 225 g/mol. The van der Waals surface area contributed by atoms with Crippen molar-refractivity contribution in [1.29, 1.82) is 0 Å². The fraction of sp³-hybridized carbons (Fsp3) is 0.143. The summed E-state index contributed by atoms with van der Waals surface area (Å²) in [5.74, 6) is 0.413. The van der Waals surface area contributed by atoms with Gasteiger partial charge in [0.1, 0.15) is 15.9 Å². The van der Waals surface area contributed by atoms with E-state index in [-0.39, 0.29) is 0 Å². The number of nitrogens with two attached hydrogens (primary N) is 1. The van der Waals surface area contributed by atoms with Crippen molar-refractivity contribution in [1.82, 2.24) is 20.2 Å². The van der Waals surface area contributed by atoms with Crippen LogP contribution in [0.25, 0.3) is 0 Å². The van der Waals surface area contributed by atoms with E-state index >= 15 is 0 Å². The van der Waals surface area contributed by atoms with E-state index in [4.69, 9.17) is 5.73 Å². The van der Waals surface area contributed by atoms with Crippen molar-refractivity contribution in [2.75, 3.05) is 5.73 Å². The highest BCUT2D eigenvalue weighted by Crippen LogP contribution is 2.28. The Kier molecular flexibility index (Phi) is 2.60. The molecule has 2 N–H and O–H groups in total. The molecular weight excluding hydrogens is 218 g/mol. The average Bonchev–Trinajstić information content (AvgIpc) is 2.51. The van der Waals surface area contributed by atoms with Crippen molar-refractivity contribution in [2.45, 2.75) is 16.3 Å². The van der Waals surface area contributed by atoms with Gasteiger partial charge in [0.05, 0.1) is 12.4 Å². The molecule has 0 amide bonds. The zero-order valence-electron chi connectivity index (χ0n) is 7.34. The highest BCUT2D eigenvalue weighted by molar-refractivity contribution is 8.01. The summed E-state index contributed by atoms with van der Waals surface area (Å²) in [5, 5.41) is 9.54. The van der Waals surface area contributed by atoms with E-state index < -0.39 is 0 Å². The molecule has 0 bridgehead atoms. The molecule has 0 aliphatic carbocycles. The molecule has 5 nitrogen and oxygen atoms in total. The molecule has 2 aromatic heterocycles. The van der Waals surface area contributed by atoms with Crippen LogP contribution in [0.3, 0.4) is 0 Å². The Bertz CT molecular complexity index is 441. The lowest BCUT2D eigenvalue weighted by Crippen LogP contribution is -1.91. The second-order valence-corrected chi connectivity index (χ2v) is 4.92. The molecule has 2 heterocycles. The molecule has 0 aliphatic rings. The van der Waals surface area contributed by atoms with Crippen LogP contribution >= 0.6 is 23.1 Å². The Morgan fingerprint density at radius 2 is 2.21 bits per heavy atom. The lowest BCUT2D eigenvalue weighted by molar-refractivity contribution is 0.978. The second kappa shape index (κ2) is 3.89. The van der Waals surface area contributed by atoms with Crippen molar-refractivity contribution in [3.05, 3.63) is 17.4 Å². The van der Waals surface area contributed by atoms with Crippen molar-refractivity contribution in [3.8, 4) is 0 Å². The van der Waals surface area contributed by atoms with Crippen molar-refractivity contribution in [2.24, 2.45) is 0 Å². The van der Waals surface area contributed by atoms with Crippen LogP contribution in [0.15, 0.2) is 21.8 Å². The van der Waals surface area contributed by atoms with Gasteiger partial charge in [0.15, 0.2) is 4.34 Å². The van der Waals surface area contributed by atoms with Crippen LogP contribution in [0.4, 0.5) is 5.82 Å². The Balaban J connectivity index is 2.18. The SMILES string of the molecule is Cc1nnc(Sc2cncc(N)n2)s1. The molecule has 0 spiro atoms. The summed E-state index contributed by atoms with van der Waals surface area (Å²) in [6.07, 6.45) is 3.16. The molecule has 0 saturated heterocycles. The van der Waals surface area contributed by atoms with Crippen LogP contribution in [0, 0.1) is 6.92 Å². The molecule has 0 radical (unpaired) electrons. The van der Waals surface area contributed by atoms with Gasteiger partial charge < -0.3 is 5.73 Å². The Morgan fingerprint density at radius 3 is 2.86 bits per heavy atom. The number of aryl methyl sites for hydroxylation is 1. The summed E-state index contributed by atoms with van der Waals surface area (Å²) in [4.78, 5) is 8.03. The van der Waals surface area contributed by atoms with Gasteiger partial charge in [-0.1, -0.05) is 11.3 Å². The number of hydrogen-bond acceptors (Lipinski definition) is 7. The maximum atomic E-state index is 5.50. The van der Waals surface area contributed by atoms with Gasteiger partial charge in [-0.2, -0.15) is 0 Å². The van der Waals surface area contributed by atoms with Crippen LogP contribution in [-0.2, 0) is 0 Å². The lowest BCUT2D eigenvalue weighted by Gasteiger charge is -1.95. The smallest absolute Gasteiger partial charge is 0.180 e. The van der Waals surface area contributed by atoms with Gasteiger partial charge in [0.2, 0.25) is 0 Å². The van der Waals surface area contributed by atoms with Crippen molar-refractivity contribution < 1.29 is 0 Å². The van der Waals surface area contributed by atoms with Crippen LogP contribution in [0.2, 0.25) is 0 Å². The molecule has 0 unspecified atom stereocenters. The quantitative estimate of drug-likeness (QED) is 0.831. The van der Waals surface area contributed by atoms with Gasteiger partial charge in [0.25, 0.3) is 0 Å². The summed E-state index contributed by atoms with van der Waals surface area (Å²) in [6, 6.07) is 0. The molecule has 0 aromatic carbocycles. The van der Waals surface area contributed by atoms with Gasteiger partial charge in [-0.15, -0.1) is 10.2 Å². The predicted molar refractivity (Wildman–Crippen MR) is 55.2 cm³/mol. The van der Waals surface area contributed by atoms with Crippen LogP contribution < -0.4 is 5.73 Å². The first-order valence-corrected chi connectivity index (χ1v) is 5.43. The number of aromatic nitrogens is 4. The average molecular weight is 225 g/mol. The standard InChI is InChI=1S/C7H7N5S2/c1-4-11-12-7(13-4)14-6-3-9-2-5(8)10-6/h2-3H,1H3,(H2,8,10). The number of nitrogen functional groups attached to an aromatic ring is 1. The molecule has 0 aliphatic heterocycles. The lowest BCUT2D eigenvalue weighted by atomic mass is 10.7. The van der Waals surface area contributed by atoms with Gasteiger partial charge in [0, 0.05) is 0 Å². The van der Waals surface area contributed by atoms with Crippen LogP contribution in [0.5, 0.6) is 0 Å². The van der Waals surface area contributed by atoms with Gasteiger partial charge in [-0.3, -0.25) is 4.98 Å².